The second-order valence-corrected chi connectivity index (χ2v) is 5.52. The molecule has 5 heteroatoms. The Bertz CT molecular complexity index is 631. The van der Waals surface area contributed by atoms with Crippen molar-refractivity contribution in [3.05, 3.63) is 54.3 Å². The molecule has 116 valence electrons. The summed E-state index contributed by atoms with van der Waals surface area (Å²) in [6.45, 7) is 2.36. The number of halogens is 1. The van der Waals surface area contributed by atoms with Crippen molar-refractivity contribution in [2.45, 2.75) is 18.2 Å². The highest BCUT2D eigenvalue weighted by Gasteiger charge is 2.10. The third kappa shape index (κ3) is 4.77. The maximum absolute atomic E-state index is 13.4. The van der Waals surface area contributed by atoms with E-state index in [-0.39, 0.29) is 18.2 Å². The molecule has 0 aliphatic carbocycles. The van der Waals surface area contributed by atoms with Crippen LogP contribution in [0.1, 0.15) is 13.3 Å². The fourth-order valence-electron chi connectivity index (χ4n) is 1.79. The number of thioether (sulfide) groups is 1. The van der Waals surface area contributed by atoms with Gasteiger partial charge in [0, 0.05) is 10.6 Å². The molecule has 0 unspecified atom stereocenters. The van der Waals surface area contributed by atoms with Crippen LogP contribution in [0.2, 0.25) is 0 Å². The number of ether oxygens (including phenoxy) is 2. The number of rotatable bonds is 7. The average Bonchev–Trinajstić information content (AvgIpc) is 2.51. The number of carbonyl (C=O) groups excluding carboxylic acids is 1. The van der Waals surface area contributed by atoms with Gasteiger partial charge in [-0.05, 0) is 31.2 Å². The molecule has 0 N–H and O–H groups in total. The third-order valence-corrected chi connectivity index (χ3v) is 3.82. The minimum atomic E-state index is -0.365. The van der Waals surface area contributed by atoms with Crippen molar-refractivity contribution in [1.82, 2.24) is 0 Å². The van der Waals surface area contributed by atoms with Crippen LogP contribution in [0.5, 0.6) is 11.5 Å². The zero-order valence-electron chi connectivity index (χ0n) is 12.3. The largest absolute Gasteiger partial charge is 0.490 e. The van der Waals surface area contributed by atoms with Crippen LogP contribution in [0.25, 0.3) is 0 Å². The summed E-state index contributed by atoms with van der Waals surface area (Å²) in [5, 5.41) is 0. The van der Waals surface area contributed by atoms with E-state index in [4.69, 9.17) is 9.47 Å². The monoisotopic (exact) mass is 320 g/mol. The first-order valence-electron chi connectivity index (χ1n) is 7.00. The lowest BCUT2D eigenvalue weighted by Gasteiger charge is -2.10. The van der Waals surface area contributed by atoms with Crippen molar-refractivity contribution in [1.29, 1.82) is 0 Å². The lowest BCUT2D eigenvalue weighted by atomic mass is 10.3. The van der Waals surface area contributed by atoms with Crippen LogP contribution < -0.4 is 9.47 Å². The molecule has 0 fully saturated rings. The summed E-state index contributed by atoms with van der Waals surface area (Å²) in [7, 11) is 0. The minimum absolute atomic E-state index is 0.194. The van der Waals surface area contributed by atoms with Crippen LogP contribution in [0.3, 0.4) is 0 Å². The quantitative estimate of drug-likeness (QED) is 0.432. The van der Waals surface area contributed by atoms with E-state index in [1.165, 1.54) is 17.8 Å². The Kier molecular flexibility index (Phi) is 6.27. The van der Waals surface area contributed by atoms with Gasteiger partial charge in [-0.2, -0.15) is 0 Å². The van der Waals surface area contributed by atoms with Crippen LogP contribution in [0, 0.1) is 5.82 Å². The molecule has 0 aliphatic heterocycles. The number of benzene rings is 2. The number of hydrogen-bond acceptors (Lipinski definition) is 4. The van der Waals surface area contributed by atoms with Crippen LogP contribution in [-0.2, 0) is 4.79 Å². The SMILES string of the molecule is CCOc1ccccc1OC(=O)CCSc1ccccc1F. The second-order valence-electron chi connectivity index (χ2n) is 4.38. The van der Waals surface area contributed by atoms with E-state index in [2.05, 4.69) is 0 Å². The summed E-state index contributed by atoms with van der Waals surface area (Å²) in [6, 6.07) is 13.5. The Morgan fingerprint density at radius 3 is 2.50 bits per heavy atom. The molecule has 2 rings (SSSR count). The van der Waals surface area contributed by atoms with Gasteiger partial charge in [0.1, 0.15) is 5.82 Å². The predicted molar refractivity (Wildman–Crippen MR) is 85.0 cm³/mol. The number of hydrogen-bond donors (Lipinski definition) is 0. The Balaban J connectivity index is 1.85. The molecule has 0 atom stereocenters. The molecule has 2 aromatic carbocycles. The molecule has 2 aromatic rings. The fraction of sp³-hybridized carbons (Fsp3) is 0.235. The molecule has 0 amide bonds. The van der Waals surface area contributed by atoms with Gasteiger partial charge >= 0.3 is 5.97 Å². The standard InChI is InChI=1S/C17H17FO3S/c1-2-20-14-8-4-5-9-15(14)21-17(19)11-12-22-16-10-6-3-7-13(16)18/h3-10H,2,11-12H2,1H3. The second kappa shape index (κ2) is 8.44. The maximum atomic E-state index is 13.4. The van der Waals surface area contributed by atoms with Crippen molar-refractivity contribution < 1.29 is 18.7 Å². The van der Waals surface area contributed by atoms with E-state index in [9.17, 15) is 9.18 Å². The van der Waals surface area contributed by atoms with Gasteiger partial charge in [-0.25, -0.2) is 4.39 Å². The van der Waals surface area contributed by atoms with Crippen molar-refractivity contribution in [3.63, 3.8) is 0 Å². The van der Waals surface area contributed by atoms with Gasteiger partial charge in [-0.3, -0.25) is 4.79 Å². The first kappa shape index (κ1) is 16.4. The summed E-state index contributed by atoms with van der Waals surface area (Å²) >= 11 is 1.29. The number of esters is 1. The summed E-state index contributed by atoms with van der Waals surface area (Å²) < 4.78 is 24.1. The molecule has 0 spiro atoms. The Morgan fingerprint density at radius 1 is 1.09 bits per heavy atom. The summed E-state index contributed by atoms with van der Waals surface area (Å²) in [5.74, 6) is 0.764. The molecular weight excluding hydrogens is 303 g/mol. The Hall–Kier alpha value is -2.01. The molecular formula is C17H17FO3S. The Morgan fingerprint density at radius 2 is 1.77 bits per heavy atom. The molecule has 0 aliphatic rings. The Labute approximate surface area is 133 Å². The van der Waals surface area contributed by atoms with Crippen molar-refractivity contribution in [2.24, 2.45) is 0 Å². The topological polar surface area (TPSA) is 35.5 Å². The molecule has 0 radical (unpaired) electrons. The predicted octanol–water partition coefficient (Wildman–Crippen LogP) is 4.31. The summed E-state index contributed by atoms with van der Waals surface area (Å²) in [6.07, 6.45) is 0.194. The molecule has 22 heavy (non-hydrogen) atoms. The molecule has 0 saturated carbocycles. The van der Waals surface area contributed by atoms with Crippen molar-refractivity contribution >= 4 is 17.7 Å². The first-order valence-corrected chi connectivity index (χ1v) is 7.99. The van der Waals surface area contributed by atoms with Gasteiger partial charge in [0.05, 0.1) is 13.0 Å². The van der Waals surface area contributed by atoms with Gasteiger partial charge in [0.2, 0.25) is 0 Å². The van der Waals surface area contributed by atoms with Crippen molar-refractivity contribution in [2.75, 3.05) is 12.4 Å². The number of carbonyl (C=O) groups is 1. The van der Waals surface area contributed by atoms with Crippen LogP contribution >= 0.6 is 11.8 Å². The molecule has 0 saturated heterocycles. The highest BCUT2D eigenvalue weighted by atomic mass is 32.2. The van der Waals surface area contributed by atoms with E-state index in [1.54, 1.807) is 36.4 Å². The molecule has 3 nitrogen and oxygen atoms in total. The average molecular weight is 320 g/mol. The summed E-state index contributed by atoms with van der Waals surface area (Å²) in [4.78, 5) is 12.4. The van der Waals surface area contributed by atoms with Gasteiger partial charge in [-0.1, -0.05) is 24.3 Å². The maximum Gasteiger partial charge on any atom is 0.312 e. The first-order chi connectivity index (χ1) is 10.7. The lowest BCUT2D eigenvalue weighted by Crippen LogP contribution is -2.10. The fourth-order valence-corrected chi connectivity index (χ4v) is 2.66. The van der Waals surface area contributed by atoms with Crippen molar-refractivity contribution in [3.8, 4) is 11.5 Å². The lowest BCUT2D eigenvalue weighted by molar-refractivity contribution is -0.134. The molecule has 0 bridgehead atoms. The zero-order chi connectivity index (χ0) is 15.8. The smallest absolute Gasteiger partial charge is 0.312 e. The zero-order valence-corrected chi connectivity index (χ0v) is 13.1. The highest BCUT2D eigenvalue weighted by molar-refractivity contribution is 7.99. The van der Waals surface area contributed by atoms with E-state index < -0.39 is 0 Å². The third-order valence-electron chi connectivity index (χ3n) is 2.77. The van der Waals surface area contributed by atoms with Crippen LogP contribution in [0.4, 0.5) is 4.39 Å². The van der Waals surface area contributed by atoms with E-state index >= 15 is 0 Å². The van der Waals surface area contributed by atoms with Crippen LogP contribution in [-0.4, -0.2) is 18.3 Å². The van der Waals surface area contributed by atoms with Gasteiger partial charge in [0.15, 0.2) is 11.5 Å². The van der Waals surface area contributed by atoms with E-state index in [0.717, 1.165) is 0 Å². The van der Waals surface area contributed by atoms with E-state index in [0.29, 0.717) is 28.8 Å². The molecule has 0 heterocycles. The number of para-hydroxylation sites is 2. The van der Waals surface area contributed by atoms with Gasteiger partial charge < -0.3 is 9.47 Å². The van der Waals surface area contributed by atoms with Gasteiger partial charge in [-0.15, -0.1) is 11.8 Å². The normalized spacial score (nSPS) is 10.3. The summed E-state index contributed by atoms with van der Waals surface area (Å²) in [5.41, 5.74) is 0. The molecule has 0 aromatic heterocycles. The van der Waals surface area contributed by atoms with Gasteiger partial charge in [0.25, 0.3) is 0 Å². The minimum Gasteiger partial charge on any atom is -0.490 e. The van der Waals surface area contributed by atoms with E-state index in [1.807, 2.05) is 13.0 Å². The highest BCUT2D eigenvalue weighted by Crippen LogP contribution is 2.27. The van der Waals surface area contributed by atoms with Crippen LogP contribution in [0.15, 0.2) is 53.4 Å².